The lowest BCUT2D eigenvalue weighted by atomic mass is 10.4. The molecule has 0 aromatic carbocycles. The van der Waals surface area contributed by atoms with Gasteiger partial charge in [-0.2, -0.15) is 5.10 Å². The minimum Gasteiger partial charge on any atom is -0.363 e. The molecule has 0 fully saturated rings. The molecule has 1 rings (SSSR count). The second-order valence-corrected chi connectivity index (χ2v) is 5.85. The van der Waals surface area contributed by atoms with Crippen LogP contribution in [0, 0.1) is 17.0 Å². The molecule has 0 aliphatic heterocycles. The first-order valence-electron chi connectivity index (χ1n) is 5.69. The Bertz CT molecular complexity index is 565. The average Bonchev–Trinajstić information content (AvgIpc) is 2.65. The van der Waals surface area contributed by atoms with Crippen molar-refractivity contribution in [2.75, 3.05) is 24.7 Å². The molecular formula is C9H17N5O4S. The molecule has 0 saturated carbocycles. The third kappa shape index (κ3) is 3.64. The molecule has 1 aromatic heterocycles. The van der Waals surface area contributed by atoms with Crippen LogP contribution in [-0.4, -0.2) is 42.5 Å². The highest BCUT2D eigenvalue weighted by atomic mass is 32.2. The predicted octanol–water partition coefficient (Wildman–Crippen LogP) is 0.0807. The summed E-state index contributed by atoms with van der Waals surface area (Å²) < 4.78 is 26.1. The SMILES string of the molecule is CCn1nc(C)c([N+](=O)[O-])c1NCCS(=O)(=O)NC. The van der Waals surface area contributed by atoms with E-state index in [2.05, 4.69) is 15.1 Å². The van der Waals surface area contributed by atoms with E-state index in [1.54, 1.807) is 13.8 Å². The maximum atomic E-state index is 11.3. The molecule has 0 aliphatic rings. The summed E-state index contributed by atoms with van der Waals surface area (Å²) in [6.07, 6.45) is 0. The highest BCUT2D eigenvalue weighted by molar-refractivity contribution is 7.89. The summed E-state index contributed by atoms with van der Waals surface area (Å²) in [6.45, 7) is 3.86. The number of aromatic nitrogens is 2. The smallest absolute Gasteiger partial charge is 0.333 e. The predicted molar refractivity (Wildman–Crippen MR) is 70.6 cm³/mol. The average molecular weight is 291 g/mol. The molecule has 10 heteroatoms. The van der Waals surface area contributed by atoms with E-state index in [9.17, 15) is 18.5 Å². The van der Waals surface area contributed by atoms with E-state index in [-0.39, 0.29) is 23.8 Å². The number of sulfonamides is 1. The Kier molecular flexibility index (Phi) is 4.84. The van der Waals surface area contributed by atoms with Crippen molar-refractivity contribution >= 4 is 21.5 Å². The molecule has 108 valence electrons. The van der Waals surface area contributed by atoms with Gasteiger partial charge in [0.1, 0.15) is 5.69 Å². The van der Waals surface area contributed by atoms with Crippen molar-refractivity contribution in [3.05, 3.63) is 15.8 Å². The van der Waals surface area contributed by atoms with E-state index in [1.165, 1.54) is 11.7 Å². The van der Waals surface area contributed by atoms with Gasteiger partial charge in [0.05, 0.1) is 10.7 Å². The third-order valence-corrected chi connectivity index (χ3v) is 3.92. The molecule has 2 N–H and O–H groups in total. The summed E-state index contributed by atoms with van der Waals surface area (Å²) in [5.41, 5.74) is 0.175. The number of rotatable bonds is 7. The standard InChI is InChI=1S/C9H17N5O4S/c1-4-13-9(8(14(15)16)7(2)12-13)11-5-6-19(17,18)10-3/h10-11H,4-6H2,1-3H3. The Labute approximate surface area is 111 Å². The summed E-state index contributed by atoms with van der Waals surface area (Å²) in [4.78, 5) is 10.4. The van der Waals surface area contributed by atoms with Crippen LogP contribution in [0.2, 0.25) is 0 Å². The Morgan fingerprint density at radius 2 is 2.11 bits per heavy atom. The Balaban J connectivity index is 2.91. The number of hydrogen-bond donors (Lipinski definition) is 2. The minimum atomic E-state index is -3.35. The van der Waals surface area contributed by atoms with Gasteiger partial charge in [0.2, 0.25) is 15.8 Å². The number of nitro groups is 1. The molecule has 0 spiro atoms. The van der Waals surface area contributed by atoms with Crippen molar-refractivity contribution in [1.82, 2.24) is 14.5 Å². The summed E-state index contributed by atoms with van der Waals surface area (Å²) in [6, 6.07) is 0. The van der Waals surface area contributed by atoms with Crippen LogP contribution in [0.5, 0.6) is 0 Å². The van der Waals surface area contributed by atoms with Crippen molar-refractivity contribution in [1.29, 1.82) is 0 Å². The minimum absolute atomic E-state index is 0.0646. The van der Waals surface area contributed by atoms with Crippen LogP contribution in [0.3, 0.4) is 0 Å². The van der Waals surface area contributed by atoms with Crippen molar-refractivity contribution in [2.45, 2.75) is 20.4 Å². The quantitative estimate of drug-likeness (QED) is 0.542. The first-order valence-corrected chi connectivity index (χ1v) is 7.34. The fraction of sp³-hybridized carbons (Fsp3) is 0.667. The number of anilines is 1. The molecule has 19 heavy (non-hydrogen) atoms. The summed E-state index contributed by atoms with van der Waals surface area (Å²) in [5, 5.41) is 17.8. The zero-order valence-corrected chi connectivity index (χ0v) is 11.8. The zero-order valence-electron chi connectivity index (χ0n) is 11.0. The first kappa shape index (κ1) is 15.4. The van der Waals surface area contributed by atoms with Gasteiger partial charge < -0.3 is 5.32 Å². The lowest BCUT2D eigenvalue weighted by molar-refractivity contribution is -0.384. The van der Waals surface area contributed by atoms with Gasteiger partial charge in [-0.05, 0) is 20.9 Å². The van der Waals surface area contributed by atoms with Gasteiger partial charge in [0.25, 0.3) is 0 Å². The maximum Gasteiger partial charge on any atom is 0.333 e. The highest BCUT2D eigenvalue weighted by Gasteiger charge is 2.24. The largest absolute Gasteiger partial charge is 0.363 e. The molecule has 0 atom stereocenters. The zero-order chi connectivity index (χ0) is 14.6. The highest BCUT2D eigenvalue weighted by Crippen LogP contribution is 2.27. The topological polar surface area (TPSA) is 119 Å². The molecular weight excluding hydrogens is 274 g/mol. The van der Waals surface area contributed by atoms with Crippen molar-refractivity contribution < 1.29 is 13.3 Å². The van der Waals surface area contributed by atoms with Gasteiger partial charge in [-0.3, -0.25) is 10.1 Å². The molecule has 9 nitrogen and oxygen atoms in total. The fourth-order valence-electron chi connectivity index (χ4n) is 1.60. The van der Waals surface area contributed by atoms with Gasteiger partial charge in [-0.1, -0.05) is 0 Å². The maximum absolute atomic E-state index is 11.3. The third-order valence-electron chi connectivity index (χ3n) is 2.55. The Morgan fingerprint density at radius 1 is 1.47 bits per heavy atom. The molecule has 0 saturated heterocycles. The van der Waals surface area contributed by atoms with Crippen LogP contribution in [0.4, 0.5) is 11.5 Å². The summed E-state index contributed by atoms with van der Waals surface area (Å²) in [5.74, 6) is 0.0607. The molecule has 0 bridgehead atoms. The van der Waals surface area contributed by atoms with E-state index in [0.717, 1.165) is 0 Å². The van der Waals surface area contributed by atoms with Gasteiger partial charge in [-0.15, -0.1) is 0 Å². The molecule has 0 radical (unpaired) electrons. The number of aryl methyl sites for hydroxylation is 2. The van der Waals surface area contributed by atoms with E-state index in [4.69, 9.17) is 0 Å². The van der Waals surface area contributed by atoms with Crippen LogP contribution < -0.4 is 10.0 Å². The lowest BCUT2D eigenvalue weighted by Gasteiger charge is -2.07. The van der Waals surface area contributed by atoms with Crippen LogP contribution in [0.1, 0.15) is 12.6 Å². The number of nitrogens with one attached hydrogen (secondary N) is 2. The second kappa shape index (κ2) is 5.97. The Hall–Kier alpha value is -1.68. The molecule has 1 heterocycles. The van der Waals surface area contributed by atoms with Crippen LogP contribution in [-0.2, 0) is 16.6 Å². The lowest BCUT2D eigenvalue weighted by Crippen LogP contribution is -2.26. The molecule has 1 aromatic rings. The van der Waals surface area contributed by atoms with Gasteiger partial charge in [0, 0.05) is 13.1 Å². The van der Waals surface area contributed by atoms with Crippen LogP contribution in [0.15, 0.2) is 0 Å². The molecule has 0 unspecified atom stereocenters. The van der Waals surface area contributed by atoms with Crippen LogP contribution in [0.25, 0.3) is 0 Å². The first-order chi connectivity index (χ1) is 8.82. The fourth-order valence-corrected chi connectivity index (χ4v) is 2.18. The van der Waals surface area contributed by atoms with Gasteiger partial charge in [0.15, 0.2) is 0 Å². The van der Waals surface area contributed by atoms with Crippen molar-refractivity contribution in [2.24, 2.45) is 0 Å². The number of nitrogens with zero attached hydrogens (tertiary/aromatic N) is 3. The van der Waals surface area contributed by atoms with E-state index in [0.29, 0.717) is 12.2 Å². The van der Waals surface area contributed by atoms with E-state index in [1.807, 2.05) is 0 Å². The van der Waals surface area contributed by atoms with E-state index >= 15 is 0 Å². The normalized spacial score (nSPS) is 11.5. The van der Waals surface area contributed by atoms with Crippen molar-refractivity contribution in [3.8, 4) is 0 Å². The summed E-state index contributed by atoms with van der Waals surface area (Å²) >= 11 is 0. The monoisotopic (exact) mass is 291 g/mol. The Morgan fingerprint density at radius 3 is 2.58 bits per heavy atom. The van der Waals surface area contributed by atoms with Gasteiger partial charge in [-0.25, -0.2) is 17.8 Å². The van der Waals surface area contributed by atoms with E-state index < -0.39 is 14.9 Å². The van der Waals surface area contributed by atoms with Gasteiger partial charge >= 0.3 is 5.69 Å². The second-order valence-electron chi connectivity index (χ2n) is 3.81. The van der Waals surface area contributed by atoms with Crippen LogP contribution >= 0.6 is 0 Å². The van der Waals surface area contributed by atoms with Crippen molar-refractivity contribution in [3.63, 3.8) is 0 Å². The number of hydrogen-bond acceptors (Lipinski definition) is 6. The summed E-state index contributed by atoms with van der Waals surface area (Å²) in [7, 11) is -2.03. The molecule has 0 amide bonds. The molecule has 0 aliphatic carbocycles.